The standard InChI is InChI=1S/C21H19FN2O2S/c22-17-12-16(8-9-18(17)23-10-4-5-11-23)13-19-20(25)24(21(26)27-19)14-15-6-2-1-3-7-15/h1-3,6-9,12-13H,4-5,10-11,14H2/b19-13-. The van der Waals surface area contributed by atoms with Crippen molar-refractivity contribution in [1.29, 1.82) is 0 Å². The molecule has 0 atom stereocenters. The predicted octanol–water partition coefficient (Wildman–Crippen LogP) is 4.66. The van der Waals surface area contributed by atoms with Crippen LogP contribution in [-0.2, 0) is 11.3 Å². The van der Waals surface area contributed by atoms with Crippen LogP contribution in [0.1, 0.15) is 24.0 Å². The van der Waals surface area contributed by atoms with E-state index in [0.29, 0.717) is 16.2 Å². The number of imide groups is 1. The van der Waals surface area contributed by atoms with E-state index < -0.39 is 0 Å². The number of amides is 2. The summed E-state index contributed by atoms with van der Waals surface area (Å²) in [4.78, 5) is 28.4. The number of hydrogen-bond acceptors (Lipinski definition) is 4. The minimum Gasteiger partial charge on any atom is -0.369 e. The van der Waals surface area contributed by atoms with Crippen LogP contribution in [0, 0.1) is 5.82 Å². The van der Waals surface area contributed by atoms with Gasteiger partial charge in [0.25, 0.3) is 11.1 Å². The van der Waals surface area contributed by atoms with Gasteiger partial charge in [0.1, 0.15) is 5.82 Å². The lowest BCUT2D eigenvalue weighted by Crippen LogP contribution is -2.27. The zero-order chi connectivity index (χ0) is 18.8. The molecule has 0 aliphatic carbocycles. The van der Waals surface area contributed by atoms with Gasteiger partial charge in [-0.3, -0.25) is 14.5 Å². The number of carbonyl (C=O) groups excluding carboxylic acids is 2. The molecule has 0 radical (unpaired) electrons. The second kappa shape index (κ2) is 7.56. The van der Waals surface area contributed by atoms with Crippen molar-refractivity contribution in [1.82, 2.24) is 4.90 Å². The molecule has 4 nitrogen and oxygen atoms in total. The molecule has 0 bridgehead atoms. The molecule has 2 aliphatic heterocycles. The summed E-state index contributed by atoms with van der Waals surface area (Å²) in [6, 6.07) is 14.3. The normalized spacial score (nSPS) is 18.8. The van der Waals surface area contributed by atoms with E-state index in [1.807, 2.05) is 35.2 Å². The Kier molecular flexibility index (Phi) is 4.99. The number of carbonyl (C=O) groups is 2. The van der Waals surface area contributed by atoms with Crippen molar-refractivity contribution < 1.29 is 14.0 Å². The Bertz CT molecular complexity index is 908. The van der Waals surface area contributed by atoms with Gasteiger partial charge in [0, 0.05) is 13.1 Å². The van der Waals surface area contributed by atoms with Gasteiger partial charge in [-0.1, -0.05) is 36.4 Å². The van der Waals surface area contributed by atoms with E-state index in [-0.39, 0.29) is 23.5 Å². The van der Waals surface area contributed by atoms with Gasteiger partial charge in [0.2, 0.25) is 0 Å². The topological polar surface area (TPSA) is 40.6 Å². The second-order valence-corrected chi connectivity index (χ2v) is 7.65. The summed E-state index contributed by atoms with van der Waals surface area (Å²) >= 11 is 0.897. The van der Waals surface area contributed by atoms with Crippen molar-refractivity contribution in [3.8, 4) is 0 Å². The molecule has 0 saturated carbocycles. The van der Waals surface area contributed by atoms with Gasteiger partial charge in [-0.25, -0.2) is 4.39 Å². The SMILES string of the molecule is O=C1S/C(=C\c2ccc(N3CCCC3)c(F)c2)C(=O)N1Cc1ccccc1. The lowest BCUT2D eigenvalue weighted by atomic mass is 10.1. The molecule has 2 heterocycles. The molecule has 2 aromatic rings. The highest BCUT2D eigenvalue weighted by atomic mass is 32.2. The van der Waals surface area contributed by atoms with Crippen LogP contribution in [0.15, 0.2) is 53.4 Å². The monoisotopic (exact) mass is 382 g/mol. The maximum absolute atomic E-state index is 14.5. The molecule has 0 aromatic heterocycles. The van der Waals surface area contributed by atoms with Gasteiger partial charge in [-0.05, 0) is 53.9 Å². The summed E-state index contributed by atoms with van der Waals surface area (Å²) in [6.45, 7) is 1.98. The average molecular weight is 382 g/mol. The molecule has 2 saturated heterocycles. The zero-order valence-corrected chi connectivity index (χ0v) is 15.5. The van der Waals surface area contributed by atoms with Gasteiger partial charge in [-0.15, -0.1) is 0 Å². The molecule has 138 valence electrons. The Morgan fingerprint density at radius 1 is 1.04 bits per heavy atom. The fourth-order valence-corrected chi connectivity index (χ4v) is 4.22. The predicted molar refractivity (Wildman–Crippen MR) is 106 cm³/mol. The first-order valence-corrected chi connectivity index (χ1v) is 9.77. The molecule has 6 heteroatoms. The minimum atomic E-state index is -0.335. The first kappa shape index (κ1) is 17.8. The van der Waals surface area contributed by atoms with E-state index in [2.05, 4.69) is 0 Å². The minimum absolute atomic E-state index is 0.241. The van der Waals surface area contributed by atoms with E-state index >= 15 is 0 Å². The number of halogens is 1. The zero-order valence-electron chi connectivity index (χ0n) is 14.7. The van der Waals surface area contributed by atoms with Crippen LogP contribution in [0.2, 0.25) is 0 Å². The van der Waals surface area contributed by atoms with Crippen LogP contribution in [-0.4, -0.2) is 29.1 Å². The summed E-state index contributed by atoms with van der Waals surface area (Å²) in [5.74, 6) is -0.632. The fourth-order valence-electron chi connectivity index (χ4n) is 3.38. The average Bonchev–Trinajstić information content (AvgIpc) is 3.28. The number of nitrogens with zero attached hydrogens (tertiary/aromatic N) is 2. The Hall–Kier alpha value is -2.60. The molecule has 2 amide bonds. The van der Waals surface area contributed by atoms with Crippen LogP contribution < -0.4 is 4.90 Å². The molecule has 2 aromatic carbocycles. The number of benzene rings is 2. The lowest BCUT2D eigenvalue weighted by molar-refractivity contribution is -0.123. The van der Waals surface area contributed by atoms with Gasteiger partial charge in [0.05, 0.1) is 17.1 Å². The third kappa shape index (κ3) is 3.76. The summed E-state index contributed by atoms with van der Waals surface area (Å²) in [5, 5.41) is -0.302. The molecular formula is C21H19FN2O2S. The third-order valence-electron chi connectivity index (χ3n) is 4.77. The van der Waals surface area contributed by atoms with Crippen LogP contribution in [0.25, 0.3) is 6.08 Å². The third-order valence-corrected chi connectivity index (χ3v) is 5.68. The highest BCUT2D eigenvalue weighted by molar-refractivity contribution is 8.18. The first-order chi connectivity index (χ1) is 13.1. The van der Waals surface area contributed by atoms with Crippen LogP contribution >= 0.6 is 11.8 Å². The highest BCUT2D eigenvalue weighted by Crippen LogP contribution is 2.34. The fraction of sp³-hybridized carbons (Fsp3) is 0.238. The molecule has 0 unspecified atom stereocenters. The van der Waals surface area contributed by atoms with Crippen LogP contribution in [0.4, 0.5) is 14.9 Å². The Labute approximate surface area is 161 Å². The molecule has 0 spiro atoms. The van der Waals surface area contributed by atoms with Crippen LogP contribution in [0.3, 0.4) is 0 Å². The summed E-state index contributed by atoms with van der Waals surface area (Å²) < 4.78 is 14.5. The van der Waals surface area contributed by atoms with Gasteiger partial charge >= 0.3 is 0 Å². The van der Waals surface area contributed by atoms with Gasteiger partial charge < -0.3 is 4.90 Å². The molecule has 4 rings (SSSR count). The first-order valence-electron chi connectivity index (χ1n) is 8.95. The van der Waals surface area contributed by atoms with E-state index in [1.54, 1.807) is 18.2 Å². The summed E-state index contributed by atoms with van der Waals surface area (Å²) in [7, 11) is 0. The van der Waals surface area contributed by atoms with Crippen molar-refractivity contribution in [3.05, 3.63) is 70.4 Å². The quantitative estimate of drug-likeness (QED) is 0.721. The highest BCUT2D eigenvalue weighted by Gasteiger charge is 2.35. The van der Waals surface area contributed by atoms with E-state index in [9.17, 15) is 14.0 Å². The molecule has 2 aliphatic rings. The molecule has 27 heavy (non-hydrogen) atoms. The Morgan fingerprint density at radius 3 is 2.48 bits per heavy atom. The van der Waals surface area contributed by atoms with Crippen molar-refractivity contribution in [2.75, 3.05) is 18.0 Å². The lowest BCUT2D eigenvalue weighted by Gasteiger charge is -2.18. The number of rotatable bonds is 4. The molecule has 2 fully saturated rings. The van der Waals surface area contributed by atoms with Crippen molar-refractivity contribution in [2.45, 2.75) is 19.4 Å². The number of hydrogen-bond donors (Lipinski definition) is 0. The number of anilines is 1. The largest absolute Gasteiger partial charge is 0.369 e. The van der Waals surface area contributed by atoms with Gasteiger partial charge in [0.15, 0.2) is 0 Å². The second-order valence-electron chi connectivity index (χ2n) is 6.66. The smallest absolute Gasteiger partial charge is 0.293 e. The summed E-state index contributed by atoms with van der Waals surface area (Å²) in [6.07, 6.45) is 3.75. The van der Waals surface area contributed by atoms with Crippen molar-refractivity contribution >= 4 is 34.7 Å². The van der Waals surface area contributed by atoms with E-state index in [0.717, 1.165) is 43.3 Å². The Balaban J connectivity index is 1.53. The van der Waals surface area contributed by atoms with Crippen LogP contribution in [0.5, 0.6) is 0 Å². The summed E-state index contributed by atoms with van der Waals surface area (Å²) in [5.41, 5.74) is 2.07. The molecule has 0 N–H and O–H groups in total. The maximum atomic E-state index is 14.5. The van der Waals surface area contributed by atoms with E-state index in [1.165, 1.54) is 11.0 Å². The van der Waals surface area contributed by atoms with E-state index in [4.69, 9.17) is 0 Å². The Morgan fingerprint density at radius 2 is 1.78 bits per heavy atom. The van der Waals surface area contributed by atoms with Gasteiger partial charge in [-0.2, -0.15) is 0 Å². The maximum Gasteiger partial charge on any atom is 0.293 e. The van der Waals surface area contributed by atoms with Crippen molar-refractivity contribution in [2.24, 2.45) is 0 Å². The number of thioether (sulfide) groups is 1. The van der Waals surface area contributed by atoms with Crippen molar-refractivity contribution in [3.63, 3.8) is 0 Å². The molecular weight excluding hydrogens is 363 g/mol.